The Bertz CT molecular complexity index is 938. The average Bonchev–Trinajstić information content (AvgIpc) is 2.65. The van der Waals surface area contributed by atoms with Gasteiger partial charge in [-0.15, -0.1) is 0 Å². The lowest BCUT2D eigenvalue weighted by Crippen LogP contribution is -2.11. The summed E-state index contributed by atoms with van der Waals surface area (Å²) in [7, 11) is 1.24. The molecule has 0 bridgehead atoms. The number of pyridine rings is 1. The van der Waals surface area contributed by atoms with Gasteiger partial charge in [-0.1, -0.05) is 42.5 Å². The summed E-state index contributed by atoms with van der Waals surface area (Å²) in [6.07, 6.45) is -0.832. The van der Waals surface area contributed by atoms with Crippen molar-refractivity contribution in [2.45, 2.75) is 13.8 Å². The Morgan fingerprint density at radius 1 is 0.885 bits per heavy atom. The third kappa shape index (κ3) is 3.42. The van der Waals surface area contributed by atoms with E-state index in [1.54, 1.807) is 19.1 Å². The zero-order chi connectivity index (χ0) is 18.7. The largest absolute Gasteiger partial charge is 0.513 e. The first kappa shape index (κ1) is 17.6. The molecule has 3 rings (SSSR count). The van der Waals surface area contributed by atoms with Crippen molar-refractivity contribution in [2.75, 3.05) is 7.11 Å². The molecule has 0 radical (unpaired) electrons. The monoisotopic (exact) mass is 351 g/mol. The van der Waals surface area contributed by atoms with Crippen LogP contribution in [-0.2, 0) is 4.74 Å². The van der Waals surface area contributed by atoms with E-state index in [-0.39, 0.29) is 5.82 Å². The fourth-order valence-corrected chi connectivity index (χ4v) is 2.93. The van der Waals surface area contributed by atoms with Crippen molar-refractivity contribution in [3.05, 3.63) is 71.8 Å². The molecule has 0 aliphatic rings. The Morgan fingerprint density at radius 3 is 2.12 bits per heavy atom. The SMILES string of the molecule is COC(=O)Oc1c(C)nc(C)c(-c2ccccc2)c1-c1ccc(F)cc1. The molecule has 0 saturated carbocycles. The quantitative estimate of drug-likeness (QED) is 0.600. The van der Waals surface area contributed by atoms with Gasteiger partial charge in [0.15, 0.2) is 5.75 Å². The van der Waals surface area contributed by atoms with Crippen molar-refractivity contribution >= 4 is 6.16 Å². The van der Waals surface area contributed by atoms with Gasteiger partial charge in [0.25, 0.3) is 0 Å². The summed E-state index contributed by atoms with van der Waals surface area (Å²) in [5.41, 5.74) is 4.47. The van der Waals surface area contributed by atoms with Gasteiger partial charge in [0.1, 0.15) is 5.82 Å². The standard InChI is InChI=1S/C21H18FNO3/c1-13-18(15-7-5-4-6-8-15)19(16-9-11-17(22)12-10-16)20(14(2)23-13)26-21(24)25-3/h4-12H,1-3H3. The van der Waals surface area contributed by atoms with Gasteiger partial charge in [-0.3, -0.25) is 4.98 Å². The van der Waals surface area contributed by atoms with Crippen LogP contribution in [0.2, 0.25) is 0 Å². The number of rotatable bonds is 3. The highest BCUT2D eigenvalue weighted by atomic mass is 19.1. The van der Waals surface area contributed by atoms with Crippen LogP contribution in [0.5, 0.6) is 5.75 Å². The van der Waals surface area contributed by atoms with Crippen LogP contribution in [0.25, 0.3) is 22.3 Å². The number of aryl methyl sites for hydroxylation is 2. The van der Waals surface area contributed by atoms with Crippen LogP contribution in [0.4, 0.5) is 9.18 Å². The molecule has 0 aliphatic carbocycles. The smallest absolute Gasteiger partial charge is 0.437 e. The van der Waals surface area contributed by atoms with Crippen LogP contribution in [0, 0.1) is 19.7 Å². The molecule has 132 valence electrons. The minimum Gasteiger partial charge on any atom is -0.437 e. The molecular formula is C21H18FNO3. The van der Waals surface area contributed by atoms with Gasteiger partial charge >= 0.3 is 6.16 Å². The van der Waals surface area contributed by atoms with E-state index in [1.807, 2.05) is 37.3 Å². The van der Waals surface area contributed by atoms with Gasteiger partial charge in [-0.25, -0.2) is 9.18 Å². The van der Waals surface area contributed by atoms with Crippen molar-refractivity contribution in [2.24, 2.45) is 0 Å². The fraction of sp³-hybridized carbons (Fsp3) is 0.143. The molecule has 0 atom stereocenters. The first-order valence-corrected chi connectivity index (χ1v) is 8.09. The Kier molecular flexibility index (Phi) is 4.98. The van der Waals surface area contributed by atoms with E-state index < -0.39 is 6.16 Å². The molecule has 1 heterocycles. The predicted octanol–water partition coefficient (Wildman–Crippen LogP) is 5.32. The summed E-state index contributed by atoms with van der Waals surface area (Å²) in [5, 5.41) is 0. The van der Waals surface area contributed by atoms with Crippen LogP contribution in [0.1, 0.15) is 11.4 Å². The first-order chi connectivity index (χ1) is 12.5. The molecule has 3 aromatic rings. The molecule has 0 spiro atoms. The molecule has 0 saturated heterocycles. The minimum absolute atomic E-state index is 0.299. The van der Waals surface area contributed by atoms with Crippen LogP contribution in [-0.4, -0.2) is 18.2 Å². The van der Waals surface area contributed by atoms with Gasteiger partial charge in [-0.2, -0.15) is 0 Å². The maximum absolute atomic E-state index is 13.4. The van der Waals surface area contributed by atoms with Crippen LogP contribution >= 0.6 is 0 Å². The number of ether oxygens (including phenoxy) is 2. The summed E-state index contributed by atoms with van der Waals surface area (Å²) in [5.74, 6) is -0.0409. The van der Waals surface area contributed by atoms with Crippen molar-refractivity contribution in [1.29, 1.82) is 0 Å². The number of methoxy groups -OCH3 is 1. The number of carbonyl (C=O) groups is 1. The molecule has 0 fully saturated rings. The first-order valence-electron chi connectivity index (χ1n) is 8.09. The Balaban J connectivity index is 2.34. The molecular weight excluding hydrogens is 333 g/mol. The van der Waals surface area contributed by atoms with Crippen LogP contribution in [0.3, 0.4) is 0 Å². The van der Waals surface area contributed by atoms with E-state index in [4.69, 9.17) is 4.74 Å². The summed E-state index contributed by atoms with van der Waals surface area (Å²) in [4.78, 5) is 16.3. The van der Waals surface area contributed by atoms with E-state index in [2.05, 4.69) is 9.72 Å². The molecule has 1 aromatic heterocycles. The lowest BCUT2D eigenvalue weighted by atomic mass is 9.92. The second-order valence-electron chi connectivity index (χ2n) is 5.79. The third-order valence-electron chi connectivity index (χ3n) is 4.05. The van der Waals surface area contributed by atoms with Gasteiger partial charge in [0, 0.05) is 16.8 Å². The number of carbonyl (C=O) groups excluding carboxylic acids is 1. The number of aromatic nitrogens is 1. The molecule has 26 heavy (non-hydrogen) atoms. The summed E-state index contributed by atoms with van der Waals surface area (Å²) < 4.78 is 23.5. The van der Waals surface area contributed by atoms with E-state index >= 15 is 0 Å². The van der Waals surface area contributed by atoms with E-state index in [0.717, 1.165) is 22.4 Å². The van der Waals surface area contributed by atoms with Gasteiger partial charge in [0.05, 0.1) is 12.8 Å². The Hall–Kier alpha value is -3.21. The average molecular weight is 351 g/mol. The maximum Gasteiger partial charge on any atom is 0.513 e. The topological polar surface area (TPSA) is 48.4 Å². The van der Waals surface area contributed by atoms with Gasteiger partial charge in [0.2, 0.25) is 0 Å². The van der Waals surface area contributed by atoms with Gasteiger partial charge in [-0.05, 0) is 37.1 Å². The number of hydrogen-bond acceptors (Lipinski definition) is 4. The molecule has 0 N–H and O–H groups in total. The van der Waals surface area contributed by atoms with E-state index in [9.17, 15) is 9.18 Å². The van der Waals surface area contributed by atoms with E-state index in [0.29, 0.717) is 17.0 Å². The summed E-state index contributed by atoms with van der Waals surface area (Å²) in [6.45, 7) is 3.65. The number of benzene rings is 2. The molecule has 2 aromatic carbocycles. The van der Waals surface area contributed by atoms with Crippen molar-refractivity contribution < 1.29 is 18.7 Å². The summed E-state index contributed by atoms with van der Waals surface area (Å²) >= 11 is 0. The zero-order valence-corrected chi connectivity index (χ0v) is 14.7. The highest BCUT2D eigenvalue weighted by molar-refractivity contribution is 5.90. The predicted molar refractivity (Wildman–Crippen MR) is 97.6 cm³/mol. The van der Waals surface area contributed by atoms with Crippen LogP contribution < -0.4 is 4.74 Å². The third-order valence-corrected chi connectivity index (χ3v) is 4.05. The molecule has 0 unspecified atom stereocenters. The summed E-state index contributed by atoms with van der Waals surface area (Å²) in [6, 6.07) is 15.7. The highest BCUT2D eigenvalue weighted by Gasteiger charge is 2.22. The highest BCUT2D eigenvalue weighted by Crippen LogP contribution is 2.42. The molecule has 5 heteroatoms. The normalized spacial score (nSPS) is 10.5. The van der Waals surface area contributed by atoms with Crippen LogP contribution in [0.15, 0.2) is 54.6 Å². The second-order valence-corrected chi connectivity index (χ2v) is 5.79. The van der Waals surface area contributed by atoms with E-state index in [1.165, 1.54) is 19.2 Å². The number of hydrogen-bond donors (Lipinski definition) is 0. The van der Waals surface area contributed by atoms with Crippen molar-refractivity contribution in [3.8, 4) is 28.0 Å². The number of nitrogens with zero attached hydrogens (tertiary/aromatic N) is 1. The Labute approximate surface area is 151 Å². The fourth-order valence-electron chi connectivity index (χ4n) is 2.93. The van der Waals surface area contributed by atoms with Crippen molar-refractivity contribution in [3.63, 3.8) is 0 Å². The molecule has 4 nitrogen and oxygen atoms in total. The van der Waals surface area contributed by atoms with Gasteiger partial charge < -0.3 is 9.47 Å². The second kappa shape index (κ2) is 7.35. The van der Waals surface area contributed by atoms with Crippen molar-refractivity contribution in [1.82, 2.24) is 4.98 Å². The molecule has 0 amide bonds. The Morgan fingerprint density at radius 2 is 1.50 bits per heavy atom. The number of halogens is 1. The lowest BCUT2D eigenvalue weighted by molar-refractivity contribution is 0.121. The minimum atomic E-state index is -0.832. The lowest BCUT2D eigenvalue weighted by Gasteiger charge is -2.19. The maximum atomic E-state index is 13.4. The molecule has 0 aliphatic heterocycles. The zero-order valence-electron chi connectivity index (χ0n) is 14.7.